The Morgan fingerprint density at radius 2 is 0.848 bits per heavy atom. The van der Waals surface area contributed by atoms with Crippen LogP contribution in [-0.2, 0) is 23.7 Å². The molecule has 2 rings (SSSR count). The number of carbonyl (C=O) groups excluding carboxylic acids is 1. The lowest BCUT2D eigenvalue weighted by Gasteiger charge is -2.46. The molecule has 0 aromatic carbocycles. The molecule has 1 amide bonds. The van der Waals surface area contributed by atoms with Gasteiger partial charge in [-0.15, -0.1) is 0 Å². The molecule has 0 aromatic heterocycles. The number of ether oxygens (including phenoxy) is 4. The van der Waals surface area contributed by atoms with Gasteiger partial charge in [-0.25, -0.2) is 0 Å². The lowest BCUT2D eigenvalue weighted by molar-refractivity contribution is -0.359. The summed E-state index contributed by atoms with van der Waals surface area (Å²) in [6.07, 6.45) is 47.3. The van der Waals surface area contributed by atoms with Crippen molar-refractivity contribution in [1.29, 1.82) is 0 Å². The van der Waals surface area contributed by atoms with Gasteiger partial charge in [-0.05, 0) is 64.2 Å². The van der Waals surface area contributed by atoms with E-state index in [-0.39, 0.29) is 18.9 Å². The molecule has 462 valence electrons. The number of amides is 1. The summed E-state index contributed by atoms with van der Waals surface area (Å²) in [5.41, 5.74) is 0. The zero-order chi connectivity index (χ0) is 57.4. The lowest BCUT2D eigenvalue weighted by Crippen LogP contribution is -2.65. The fraction of sp³-hybridized carbons (Fsp3) is 0.862. The number of hydrogen-bond acceptors (Lipinski definition) is 13. The van der Waals surface area contributed by atoms with Crippen LogP contribution in [0, 0.1) is 0 Å². The average molecular weight is 1120 g/mol. The number of nitrogens with one attached hydrogen (secondary N) is 1. The molecule has 9 N–H and O–H groups in total. The number of aliphatic hydroxyl groups is 8. The van der Waals surface area contributed by atoms with Crippen LogP contribution in [-0.4, -0.2) is 140 Å². The Morgan fingerprint density at radius 1 is 0.456 bits per heavy atom. The maximum atomic E-state index is 13.3. The normalized spacial score (nSPS) is 24.7. The highest BCUT2D eigenvalue weighted by molar-refractivity contribution is 5.76. The second-order valence-corrected chi connectivity index (χ2v) is 22.9. The summed E-state index contributed by atoms with van der Waals surface area (Å²) in [5.74, 6) is -0.247. The Balaban J connectivity index is 1.69. The Labute approximate surface area is 480 Å². The van der Waals surface area contributed by atoms with Gasteiger partial charge in [0, 0.05) is 6.42 Å². The zero-order valence-electron chi connectivity index (χ0n) is 49.9. The number of hydrogen-bond donors (Lipinski definition) is 9. The van der Waals surface area contributed by atoms with Crippen LogP contribution in [0.2, 0.25) is 0 Å². The number of rotatable bonds is 52. The first-order valence-electron chi connectivity index (χ1n) is 32.4. The van der Waals surface area contributed by atoms with Crippen molar-refractivity contribution >= 4 is 5.91 Å². The molecule has 2 fully saturated rings. The third-order valence-corrected chi connectivity index (χ3v) is 15.7. The zero-order valence-corrected chi connectivity index (χ0v) is 49.9. The number of carbonyl (C=O) groups is 1. The molecular formula is C65H119NO13. The predicted molar refractivity (Wildman–Crippen MR) is 318 cm³/mol. The lowest BCUT2D eigenvalue weighted by atomic mass is 9.97. The van der Waals surface area contributed by atoms with Crippen LogP contribution in [0.4, 0.5) is 0 Å². The van der Waals surface area contributed by atoms with Crippen LogP contribution in [0.1, 0.15) is 264 Å². The van der Waals surface area contributed by atoms with Crippen molar-refractivity contribution in [2.75, 3.05) is 19.8 Å². The molecular weight excluding hydrogens is 1000 g/mol. The minimum atomic E-state index is -1.79. The smallest absolute Gasteiger partial charge is 0.220 e. The van der Waals surface area contributed by atoms with E-state index in [4.69, 9.17) is 18.9 Å². The van der Waals surface area contributed by atoms with Gasteiger partial charge in [-0.3, -0.25) is 4.79 Å². The first-order chi connectivity index (χ1) is 38.6. The molecule has 2 heterocycles. The molecule has 0 aliphatic carbocycles. The van der Waals surface area contributed by atoms with Crippen LogP contribution in [0.5, 0.6) is 0 Å². The summed E-state index contributed by atoms with van der Waals surface area (Å²) in [5, 5.41) is 87.2. The molecule has 0 aromatic rings. The van der Waals surface area contributed by atoms with Crippen molar-refractivity contribution in [3.05, 3.63) is 48.6 Å². The third-order valence-electron chi connectivity index (χ3n) is 15.7. The highest BCUT2D eigenvalue weighted by Crippen LogP contribution is 2.30. The summed E-state index contributed by atoms with van der Waals surface area (Å²) < 4.78 is 22.8. The van der Waals surface area contributed by atoms with Gasteiger partial charge >= 0.3 is 0 Å². The molecule has 0 saturated carbocycles. The molecule has 2 saturated heterocycles. The molecule has 14 heteroatoms. The highest BCUT2D eigenvalue weighted by atomic mass is 16.7. The summed E-state index contributed by atoms with van der Waals surface area (Å²) in [6.45, 7) is 2.78. The van der Waals surface area contributed by atoms with E-state index in [0.717, 1.165) is 38.5 Å². The molecule has 0 radical (unpaired) electrons. The molecule has 12 atom stereocenters. The van der Waals surface area contributed by atoms with E-state index in [9.17, 15) is 45.6 Å². The molecule has 79 heavy (non-hydrogen) atoms. The van der Waals surface area contributed by atoms with Crippen LogP contribution < -0.4 is 5.32 Å². The Kier molecular flexibility index (Phi) is 46.7. The second kappa shape index (κ2) is 50.5. The summed E-state index contributed by atoms with van der Waals surface area (Å²) in [4.78, 5) is 13.3. The van der Waals surface area contributed by atoms with E-state index in [0.29, 0.717) is 12.8 Å². The third kappa shape index (κ3) is 35.6. The first-order valence-corrected chi connectivity index (χ1v) is 32.4. The van der Waals surface area contributed by atoms with Gasteiger partial charge in [0.05, 0.1) is 32.0 Å². The molecule has 2 aliphatic heterocycles. The predicted octanol–water partition coefficient (Wildman–Crippen LogP) is 12.0. The molecule has 0 bridgehead atoms. The average Bonchev–Trinajstić information content (AvgIpc) is 3.48. The maximum Gasteiger partial charge on any atom is 0.220 e. The van der Waals surface area contributed by atoms with Crippen molar-refractivity contribution in [3.63, 3.8) is 0 Å². The number of allylic oxidation sites excluding steroid dienone is 7. The molecule has 12 unspecified atom stereocenters. The molecule has 2 aliphatic rings. The van der Waals surface area contributed by atoms with Gasteiger partial charge in [0.2, 0.25) is 5.91 Å². The summed E-state index contributed by atoms with van der Waals surface area (Å²) in [6, 6.07) is -0.931. The van der Waals surface area contributed by atoms with Crippen LogP contribution in [0.15, 0.2) is 48.6 Å². The molecule has 0 spiro atoms. The summed E-state index contributed by atoms with van der Waals surface area (Å²) in [7, 11) is 0. The number of aliphatic hydroxyl groups excluding tert-OH is 8. The van der Waals surface area contributed by atoms with Gasteiger partial charge in [-0.2, -0.15) is 0 Å². The van der Waals surface area contributed by atoms with Crippen LogP contribution in [0.3, 0.4) is 0 Å². The summed E-state index contributed by atoms with van der Waals surface area (Å²) >= 11 is 0. The first kappa shape index (κ1) is 73.1. The van der Waals surface area contributed by atoms with E-state index in [1.807, 2.05) is 6.08 Å². The minimum Gasteiger partial charge on any atom is -0.394 e. The maximum absolute atomic E-state index is 13.3. The second-order valence-electron chi connectivity index (χ2n) is 22.9. The Bertz CT molecular complexity index is 1510. The largest absolute Gasteiger partial charge is 0.394 e. The fourth-order valence-electron chi connectivity index (χ4n) is 10.5. The van der Waals surface area contributed by atoms with Crippen molar-refractivity contribution in [2.24, 2.45) is 0 Å². The monoisotopic (exact) mass is 1120 g/mol. The fourth-order valence-corrected chi connectivity index (χ4v) is 10.5. The Hall–Kier alpha value is -2.05. The van der Waals surface area contributed by atoms with Gasteiger partial charge in [0.15, 0.2) is 12.6 Å². The van der Waals surface area contributed by atoms with Crippen molar-refractivity contribution in [1.82, 2.24) is 5.32 Å². The van der Waals surface area contributed by atoms with Gasteiger partial charge in [0.1, 0.15) is 48.8 Å². The van der Waals surface area contributed by atoms with Crippen molar-refractivity contribution in [3.8, 4) is 0 Å². The van der Waals surface area contributed by atoms with E-state index < -0.39 is 86.8 Å². The SMILES string of the molecule is CCCCCCC/C=C\C/C=C\CCCCCCCCCCCCCCCCCCCC(=O)NC(COC1OC(CO)C(OC2OC(CO)C(O)C(O)C2O)C(O)C1O)C(O)/C=C/CC/C=C/CCCCCCCCCCCC. The van der Waals surface area contributed by atoms with Crippen LogP contribution >= 0.6 is 0 Å². The van der Waals surface area contributed by atoms with Crippen molar-refractivity contribution < 1.29 is 64.6 Å². The van der Waals surface area contributed by atoms with Crippen molar-refractivity contribution in [2.45, 2.75) is 338 Å². The minimum absolute atomic E-state index is 0.247. The van der Waals surface area contributed by atoms with Gasteiger partial charge in [-0.1, -0.05) is 242 Å². The van der Waals surface area contributed by atoms with Gasteiger partial charge in [0.25, 0.3) is 0 Å². The van der Waals surface area contributed by atoms with E-state index in [1.165, 1.54) is 193 Å². The standard InChI is InChI=1S/C65H119NO13/c1-3-5-7-9-11-13-15-17-19-21-22-23-24-25-26-27-28-29-30-31-32-33-35-37-39-41-43-45-47-49-57(70)66-53(54(69)48-46-44-42-40-38-36-34-20-18-16-14-12-10-8-6-4-2)52-76-64-62(75)60(73)63(56(51-68)78-64)79-65-61(74)59(72)58(71)55(50-67)77-65/h15,17,21-22,38,40,46,48,53-56,58-65,67-69,71-75H,3-14,16,18-20,23-37,39,41-45,47,49-52H2,1-2H3,(H,66,70)/b17-15-,22-21-,40-38+,48-46+. The van der Waals surface area contributed by atoms with E-state index >= 15 is 0 Å². The topological polar surface area (TPSA) is 228 Å². The molecule has 14 nitrogen and oxygen atoms in total. The van der Waals surface area contributed by atoms with Crippen LogP contribution in [0.25, 0.3) is 0 Å². The van der Waals surface area contributed by atoms with E-state index in [2.05, 4.69) is 55.6 Å². The number of unbranched alkanes of at least 4 members (excludes halogenated alkanes) is 33. The Morgan fingerprint density at radius 3 is 1.32 bits per heavy atom. The van der Waals surface area contributed by atoms with E-state index in [1.54, 1.807) is 6.08 Å². The highest BCUT2D eigenvalue weighted by Gasteiger charge is 2.51. The van der Waals surface area contributed by atoms with Gasteiger partial charge < -0.3 is 65.1 Å². The quantitative estimate of drug-likeness (QED) is 0.0204.